The van der Waals surface area contributed by atoms with Gasteiger partial charge in [0.1, 0.15) is 0 Å². The third-order valence-electron chi connectivity index (χ3n) is 2.44. The molecule has 0 bridgehead atoms. The summed E-state index contributed by atoms with van der Waals surface area (Å²) in [6.45, 7) is 3.03. The van der Waals surface area contributed by atoms with E-state index in [9.17, 15) is 0 Å². The van der Waals surface area contributed by atoms with E-state index in [4.69, 9.17) is 5.26 Å². The van der Waals surface area contributed by atoms with Crippen LogP contribution in [0.25, 0.3) is 0 Å². The third kappa shape index (κ3) is 3.66. The lowest BCUT2D eigenvalue weighted by Gasteiger charge is -2.09. The molecule has 0 N–H and O–H groups in total. The largest absolute Gasteiger partial charge is 0.353 e. The van der Waals surface area contributed by atoms with Crippen LogP contribution >= 0.6 is 0 Å². The lowest BCUT2D eigenvalue weighted by atomic mass is 10.0. The van der Waals surface area contributed by atoms with E-state index < -0.39 is 0 Å². The zero-order chi connectivity index (χ0) is 10.2. The lowest BCUT2D eigenvalue weighted by molar-refractivity contribution is 0.480. The summed E-state index contributed by atoms with van der Waals surface area (Å²) >= 11 is 0. The van der Waals surface area contributed by atoms with E-state index in [0.29, 0.717) is 0 Å². The maximum Gasteiger partial charge on any atom is 0.0674 e. The van der Waals surface area contributed by atoms with Gasteiger partial charge >= 0.3 is 0 Å². The van der Waals surface area contributed by atoms with Gasteiger partial charge in [0.25, 0.3) is 0 Å². The van der Waals surface area contributed by atoms with E-state index in [1.54, 1.807) is 0 Å². The summed E-state index contributed by atoms with van der Waals surface area (Å²) in [6, 6.07) is 6.38. The molecule has 0 aliphatic heterocycles. The molecule has 1 heterocycles. The number of hydrogen-bond donors (Lipinski definition) is 0. The van der Waals surface area contributed by atoms with Crippen LogP contribution < -0.4 is 0 Å². The van der Waals surface area contributed by atoms with Gasteiger partial charge in [-0.15, -0.1) is 0 Å². The predicted octanol–water partition coefficient (Wildman–Crippen LogP) is 3.21. The van der Waals surface area contributed by atoms with E-state index in [2.05, 4.69) is 17.6 Å². The second kappa shape index (κ2) is 6.26. The predicted molar refractivity (Wildman–Crippen MR) is 57.7 cm³/mol. The van der Waals surface area contributed by atoms with Gasteiger partial charge in [-0.25, -0.2) is 0 Å². The molecule has 0 aliphatic rings. The van der Waals surface area contributed by atoms with Gasteiger partial charge in [-0.3, -0.25) is 0 Å². The number of aromatic nitrogens is 1. The van der Waals surface area contributed by atoms with Crippen LogP contribution in [0.5, 0.6) is 0 Å². The number of unbranched alkanes of at least 4 members (excludes halogenated alkanes) is 2. The molecular formula is C12H18N2. The molecule has 0 radical (unpaired) electrons. The van der Waals surface area contributed by atoms with Gasteiger partial charge in [-0.2, -0.15) is 5.26 Å². The first-order chi connectivity index (χ1) is 6.86. The van der Waals surface area contributed by atoms with Gasteiger partial charge in [0.05, 0.1) is 12.0 Å². The van der Waals surface area contributed by atoms with Crippen LogP contribution in [0, 0.1) is 17.2 Å². The van der Waals surface area contributed by atoms with E-state index >= 15 is 0 Å². The second-order valence-electron chi connectivity index (χ2n) is 3.70. The summed E-state index contributed by atoms with van der Waals surface area (Å²) in [5.74, 6) is 0.175. The topological polar surface area (TPSA) is 28.7 Å². The molecule has 0 saturated carbocycles. The molecule has 1 atom stereocenters. The highest BCUT2D eigenvalue weighted by Crippen LogP contribution is 2.11. The van der Waals surface area contributed by atoms with Crippen LogP contribution in [-0.4, -0.2) is 4.57 Å². The van der Waals surface area contributed by atoms with Crippen molar-refractivity contribution in [2.75, 3.05) is 0 Å². The van der Waals surface area contributed by atoms with Crippen molar-refractivity contribution in [3.63, 3.8) is 0 Å². The lowest BCUT2D eigenvalue weighted by Crippen LogP contribution is -2.07. The van der Waals surface area contributed by atoms with Crippen LogP contribution in [0.2, 0.25) is 0 Å². The summed E-state index contributed by atoms with van der Waals surface area (Å²) < 4.78 is 2.08. The second-order valence-corrected chi connectivity index (χ2v) is 3.70. The number of nitrogens with zero attached hydrogens (tertiary/aromatic N) is 2. The number of rotatable bonds is 6. The van der Waals surface area contributed by atoms with E-state index in [1.807, 2.05) is 24.5 Å². The normalized spacial score (nSPS) is 12.3. The standard InChI is InChI=1S/C12H18N2/c1-2-3-4-7-12(10-13)11-14-8-5-6-9-14/h5-6,8-9,12H,2-4,7,11H2,1H3. The van der Waals surface area contributed by atoms with Gasteiger partial charge in [0.2, 0.25) is 0 Å². The van der Waals surface area contributed by atoms with Crippen molar-refractivity contribution in [3.05, 3.63) is 24.5 Å². The average molecular weight is 190 g/mol. The molecule has 0 saturated heterocycles. The van der Waals surface area contributed by atoms with Crippen LogP contribution in [0.1, 0.15) is 32.6 Å². The highest BCUT2D eigenvalue weighted by atomic mass is 14.9. The zero-order valence-corrected chi connectivity index (χ0v) is 8.82. The van der Waals surface area contributed by atoms with Crippen LogP contribution in [0.15, 0.2) is 24.5 Å². The van der Waals surface area contributed by atoms with E-state index in [1.165, 1.54) is 19.3 Å². The van der Waals surface area contributed by atoms with Gasteiger partial charge in [0.15, 0.2) is 0 Å². The van der Waals surface area contributed by atoms with Crippen LogP contribution in [-0.2, 0) is 6.54 Å². The molecule has 0 fully saturated rings. The van der Waals surface area contributed by atoms with Crippen molar-refractivity contribution in [2.45, 2.75) is 39.2 Å². The van der Waals surface area contributed by atoms with Crippen molar-refractivity contribution < 1.29 is 0 Å². The average Bonchev–Trinajstić information content (AvgIpc) is 2.69. The molecule has 1 unspecified atom stereocenters. The Morgan fingerprint density at radius 2 is 2.00 bits per heavy atom. The zero-order valence-electron chi connectivity index (χ0n) is 8.82. The maximum atomic E-state index is 8.96. The molecule has 0 amide bonds. The van der Waals surface area contributed by atoms with Crippen LogP contribution in [0.4, 0.5) is 0 Å². The van der Waals surface area contributed by atoms with Crippen molar-refractivity contribution in [3.8, 4) is 6.07 Å². The fraction of sp³-hybridized carbons (Fsp3) is 0.583. The Bertz CT molecular complexity index is 269. The van der Waals surface area contributed by atoms with Crippen molar-refractivity contribution in [1.82, 2.24) is 4.57 Å². The minimum atomic E-state index is 0.175. The molecule has 2 heteroatoms. The Hall–Kier alpha value is -1.23. The van der Waals surface area contributed by atoms with Gasteiger partial charge in [-0.1, -0.05) is 26.2 Å². The van der Waals surface area contributed by atoms with Gasteiger partial charge in [0, 0.05) is 18.9 Å². The third-order valence-corrected chi connectivity index (χ3v) is 2.44. The molecule has 0 aliphatic carbocycles. The fourth-order valence-corrected chi connectivity index (χ4v) is 1.58. The first-order valence-corrected chi connectivity index (χ1v) is 5.37. The molecule has 0 spiro atoms. The summed E-state index contributed by atoms with van der Waals surface area (Å²) in [6.07, 6.45) is 8.71. The molecule has 1 aromatic heterocycles. The van der Waals surface area contributed by atoms with Crippen molar-refractivity contribution in [1.29, 1.82) is 5.26 Å². The Kier molecular flexibility index (Phi) is 4.85. The fourth-order valence-electron chi connectivity index (χ4n) is 1.58. The first-order valence-electron chi connectivity index (χ1n) is 5.37. The number of nitriles is 1. The van der Waals surface area contributed by atoms with Crippen molar-refractivity contribution in [2.24, 2.45) is 5.92 Å². The van der Waals surface area contributed by atoms with Crippen molar-refractivity contribution >= 4 is 0 Å². The molecule has 2 nitrogen and oxygen atoms in total. The minimum absolute atomic E-state index is 0.175. The smallest absolute Gasteiger partial charge is 0.0674 e. The molecule has 76 valence electrons. The quantitative estimate of drug-likeness (QED) is 0.633. The molecule has 14 heavy (non-hydrogen) atoms. The first kappa shape index (κ1) is 10.8. The van der Waals surface area contributed by atoms with E-state index in [0.717, 1.165) is 13.0 Å². The highest BCUT2D eigenvalue weighted by molar-refractivity contribution is 4.93. The molecule has 0 aromatic carbocycles. The maximum absolute atomic E-state index is 8.96. The number of hydrogen-bond acceptors (Lipinski definition) is 1. The Morgan fingerprint density at radius 3 is 2.57 bits per heavy atom. The Morgan fingerprint density at radius 1 is 1.29 bits per heavy atom. The molecule has 1 rings (SSSR count). The highest BCUT2D eigenvalue weighted by Gasteiger charge is 2.06. The summed E-state index contributed by atoms with van der Waals surface area (Å²) in [5.41, 5.74) is 0. The summed E-state index contributed by atoms with van der Waals surface area (Å²) in [5, 5.41) is 8.96. The SMILES string of the molecule is CCCCCC(C#N)Cn1cccc1. The van der Waals surface area contributed by atoms with Crippen LogP contribution in [0.3, 0.4) is 0 Å². The summed E-state index contributed by atoms with van der Waals surface area (Å²) in [7, 11) is 0. The monoisotopic (exact) mass is 190 g/mol. The van der Waals surface area contributed by atoms with Gasteiger partial charge in [-0.05, 0) is 18.6 Å². The molecular weight excluding hydrogens is 172 g/mol. The summed E-state index contributed by atoms with van der Waals surface area (Å²) in [4.78, 5) is 0. The Labute approximate surface area is 86.2 Å². The van der Waals surface area contributed by atoms with E-state index in [-0.39, 0.29) is 5.92 Å². The molecule has 1 aromatic rings. The Balaban J connectivity index is 2.29. The van der Waals surface area contributed by atoms with Gasteiger partial charge < -0.3 is 4.57 Å². The minimum Gasteiger partial charge on any atom is -0.353 e.